The lowest BCUT2D eigenvalue weighted by atomic mass is 10.2. The van der Waals surface area contributed by atoms with Gasteiger partial charge in [-0.3, -0.25) is 9.48 Å². The third-order valence-electron chi connectivity index (χ3n) is 2.68. The minimum absolute atomic E-state index is 0.176. The second-order valence-corrected chi connectivity index (χ2v) is 5.41. The van der Waals surface area contributed by atoms with E-state index in [4.69, 9.17) is 28.9 Å². The van der Waals surface area contributed by atoms with Crippen LogP contribution in [0, 0.1) is 0 Å². The summed E-state index contributed by atoms with van der Waals surface area (Å²) in [5.41, 5.74) is 6.85. The molecule has 0 aliphatic carbocycles. The van der Waals surface area contributed by atoms with Gasteiger partial charge in [-0.2, -0.15) is 5.10 Å². The van der Waals surface area contributed by atoms with Crippen molar-refractivity contribution in [3.05, 3.63) is 40.1 Å². The number of benzene rings is 1. The Balaban J connectivity index is 2.23. The highest BCUT2D eigenvalue weighted by molar-refractivity contribution is 6.44. The highest BCUT2D eigenvalue weighted by Crippen LogP contribution is 2.29. The van der Waals surface area contributed by atoms with Gasteiger partial charge in [0.2, 0.25) is 0 Å². The molecule has 0 saturated carbocycles. The number of nitrogens with zero attached hydrogens (tertiary/aromatic N) is 2. The van der Waals surface area contributed by atoms with E-state index in [0.717, 1.165) is 0 Å². The van der Waals surface area contributed by atoms with Gasteiger partial charge < -0.3 is 11.1 Å². The van der Waals surface area contributed by atoms with Crippen molar-refractivity contribution in [3.63, 3.8) is 0 Å². The number of amides is 1. The average Bonchev–Trinajstić information content (AvgIpc) is 2.82. The lowest BCUT2D eigenvalue weighted by Crippen LogP contribution is -2.12. The summed E-state index contributed by atoms with van der Waals surface area (Å²) in [6.45, 7) is 3.99. The van der Waals surface area contributed by atoms with E-state index in [0.29, 0.717) is 11.4 Å². The molecule has 1 heterocycles. The van der Waals surface area contributed by atoms with Crippen LogP contribution in [0.3, 0.4) is 0 Å². The van der Waals surface area contributed by atoms with Crippen molar-refractivity contribution in [2.24, 2.45) is 0 Å². The van der Waals surface area contributed by atoms with Gasteiger partial charge in [0, 0.05) is 17.9 Å². The maximum absolute atomic E-state index is 12.2. The van der Waals surface area contributed by atoms with Gasteiger partial charge in [0.15, 0.2) is 0 Å². The van der Waals surface area contributed by atoms with E-state index in [2.05, 4.69) is 10.4 Å². The Labute approximate surface area is 126 Å². The van der Waals surface area contributed by atoms with Gasteiger partial charge in [-0.25, -0.2) is 0 Å². The molecule has 0 aliphatic rings. The number of hydrogen-bond acceptors (Lipinski definition) is 3. The highest BCUT2D eigenvalue weighted by Gasteiger charge is 2.15. The quantitative estimate of drug-likeness (QED) is 0.850. The van der Waals surface area contributed by atoms with Crippen LogP contribution in [0.1, 0.15) is 30.2 Å². The number of carbonyl (C=O) groups excluding carboxylic acids is 1. The zero-order valence-corrected chi connectivity index (χ0v) is 12.5. The van der Waals surface area contributed by atoms with E-state index >= 15 is 0 Å². The fourth-order valence-corrected chi connectivity index (χ4v) is 2.08. The van der Waals surface area contributed by atoms with Crippen LogP contribution < -0.4 is 11.1 Å². The molecule has 106 valence electrons. The standard InChI is InChI=1S/C13H14Cl2N4O/c1-7(2)19-6-9(5-17-19)18-13(20)10-3-8(16)4-11(14)12(10)15/h3-7H,16H2,1-2H3,(H,18,20). The molecule has 0 atom stereocenters. The Kier molecular flexibility index (Phi) is 4.20. The zero-order valence-electron chi connectivity index (χ0n) is 11.0. The van der Waals surface area contributed by atoms with Crippen molar-refractivity contribution in [2.45, 2.75) is 19.9 Å². The summed E-state index contributed by atoms with van der Waals surface area (Å²) < 4.78 is 1.74. The minimum atomic E-state index is -0.382. The molecule has 0 unspecified atom stereocenters. The summed E-state index contributed by atoms with van der Waals surface area (Å²) in [4.78, 5) is 12.2. The molecule has 0 spiro atoms. The maximum Gasteiger partial charge on any atom is 0.257 e. The van der Waals surface area contributed by atoms with Gasteiger partial charge in [-0.15, -0.1) is 0 Å². The topological polar surface area (TPSA) is 72.9 Å². The number of nitrogen functional groups attached to an aromatic ring is 1. The number of rotatable bonds is 3. The molecule has 0 bridgehead atoms. The van der Waals surface area contributed by atoms with E-state index in [-0.39, 0.29) is 27.6 Å². The van der Waals surface area contributed by atoms with Crippen molar-refractivity contribution in [1.82, 2.24) is 9.78 Å². The van der Waals surface area contributed by atoms with E-state index in [9.17, 15) is 4.79 Å². The Hall–Kier alpha value is -1.72. The lowest BCUT2D eigenvalue weighted by Gasteiger charge is -2.07. The smallest absolute Gasteiger partial charge is 0.257 e. The predicted molar refractivity (Wildman–Crippen MR) is 81.4 cm³/mol. The molecule has 0 aliphatic heterocycles. The van der Waals surface area contributed by atoms with E-state index in [1.165, 1.54) is 12.1 Å². The van der Waals surface area contributed by atoms with Gasteiger partial charge in [0.05, 0.1) is 27.5 Å². The molecular formula is C13H14Cl2N4O. The number of hydrogen-bond donors (Lipinski definition) is 2. The Morgan fingerprint density at radius 1 is 1.40 bits per heavy atom. The fraction of sp³-hybridized carbons (Fsp3) is 0.231. The molecule has 0 radical (unpaired) electrons. The normalized spacial score (nSPS) is 10.8. The average molecular weight is 313 g/mol. The largest absolute Gasteiger partial charge is 0.399 e. The number of carbonyl (C=O) groups is 1. The van der Waals surface area contributed by atoms with Crippen LogP contribution in [-0.2, 0) is 0 Å². The number of halogens is 2. The fourth-order valence-electron chi connectivity index (χ4n) is 1.66. The Morgan fingerprint density at radius 3 is 2.70 bits per heavy atom. The summed E-state index contributed by atoms with van der Waals surface area (Å²) in [6, 6.07) is 3.19. The van der Waals surface area contributed by atoms with Gasteiger partial charge in [-0.05, 0) is 26.0 Å². The third-order valence-corrected chi connectivity index (χ3v) is 3.49. The predicted octanol–water partition coefficient (Wildman–Crippen LogP) is 3.61. The van der Waals surface area contributed by atoms with Crippen LogP contribution in [0.25, 0.3) is 0 Å². The summed E-state index contributed by atoms with van der Waals surface area (Å²) in [6.07, 6.45) is 3.31. The highest BCUT2D eigenvalue weighted by atomic mass is 35.5. The van der Waals surface area contributed by atoms with Crippen LogP contribution in [0.5, 0.6) is 0 Å². The van der Waals surface area contributed by atoms with E-state index < -0.39 is 0 Å². The van der Waals surface area contributed by atoms with Gasteiger partial charge in [0.1, 0.15) is 0 Å². The first-order chi connectivity index (χ1) is 9.38. The Bertz CT molecular complexity index is 652. The molecule has 1 aromatic carbocycles. The molecule has 7 heteroatoms. The van der Waals surface area contributed by atoms with Crippen molar-refractivity contribution in [3.8, 4) is 0 Å². The monoisotopic (exact) mass is 312 g/mol. The number of anilines is 2. The van der Waals surface area contributed by atoms with Crippen LogP contribution in [0.2, 0.25) is 10.0 Å². The van der Waals surface area contributed by atoms with Crippen molar-refractivity contribution < 1.29 is 4.79 Å². The van der Waals surface area contributed by atoms with Crippen LogP contribution >= 0.6 is 23.2 Å². The number of nitrogens with one attached hydrogen (secondary N) is 1. The maximum atomic E-state index is 12.2. The van der Waals surface area contributed by atoms with Crippen molar-refractivity contribution in [1.29, 1.82) is 0 Å². The summed E-state index contributed by atoms with van der Waals surface area (Å²) in [7, 11) is 0. The molecule has 0 fully saturated rings. The molecule has 2 rings (SSSR count). The van der Waals surface area contributed by atoms with Crippen molar-refractivity contribution in [2.75, 3.05) is 11.1 Å². The SMILES string of the molecule is CC(C)n1cc(NC(=O)c2cc(N)cc(Cl)c2Cl)cn1. The Morgan fingerprint density at radius 2 is 2.10 bits per heavy atom. The molecule has 2 aromatic rings. The zero-order chi connectivity index (χ0) is 14.9. The van der Waals surface area contributed by atoms with Crippen LogP contribution in [0.15, 0.2) is 24.5 Å². The first kappa shape index (κ1) is 14.7. The third kappa shape index (κ3) is 3.05. The summed E-state index contributed by atoms with van der Waals surface area (Å²) in [5.74, 6) is -0.382. The molecule has 5 nitrogen and oxygen atoms in total. The van der Waals surface area contributed by atoms with Crippen LogP contribution in [-0.4, -0.2) is 15.7 Å². The second kappa shape index (κ2) is 5.73. The second-order valence-electron chi connectivity index (χ2n) is 4.62. The molecule has 3 N–H and O–H groups in total. The first-order valence-electron chi connectivity index (χ1n) is 5.98. The summed E-state index contributed by atoms with van der Waals surface area (Å²) >= 11 is 11.9. The molecular weight excluding hydrogens is 299 g/mol. The number of nitrogens with two attached hydrogens (primary N) is 1. The molecule has 0 saturated heterocycles. The molecule has 20 heavy (non-hydrogen) atoms. The lowest BCUT2D eigenvalue weighted by molar-refractivity contribution is 0.102. The van der Waals surface area contributed by atoms with Gasteiger partial charge in [-0.1, -0.05) is 23.2 Å². The van der Waals surface area contributed by atoms with Gasteiger partial charge >= 0.3 is 0 Å². The molecule has 1 amide bonds. The summed E-state index contributed by atoms with van der Waals surface area (Å²) in [5, 5.41) is 7.27. The van der Waals surface area contributed by atoms with E-state index in [1.54, 1.807) is 17.1 Å². The first-order valence-corrected chi connectivity index (χ1v) is 6.74. The van der Waals surface area contributed by atoms with E-state index in [1.807, 2.05) is 13.8 Å². The minimum Gasteiger partial charge on any atom is -0.399 e. The number of aromatic nitrogens is 2. The van der Waals surface area contributed by atoms with Crippen LogP contribution in [0.4, 0.5) is 11.4 Å². The van der Waals surface area contributed by atoms with Gasteiger partial charge in [0.25, 0.3) is 5.91 Å². The molecule has 1 aromatic heterocycles. The van der Waals surface area contributed by atoms with Crippen molar-refractivity contribution >= 4 is 40.5 Å².